The van der Waals surface area contributed by atoms with Gasteiger partial charge in [0, 0.05) is 23.2 Å². The normalized spacial score (nSPS) is 12.5. The maximum Gasteiger partial charge on any atom is 0.421 e. The Kier molecular flexibility index (Phi) is 16.3. The second-order valence-electron chi connectivity index (χ2n) is 8.31. The van der Waals surface area contributed by atoms with Crippen LogP contribution in [0.5, 0.6) is 0 Å². The van der Waals surface area contributed by atoms with E-state index in [0.29, 0.717) is 29.2 Å². The van der Waals surface area contributed by atoms with Crippen LogP contribution in [-0.2, 0) is 39.9 Å². The number of ether oxygens (including phenoxy) is 1. The molecule has 16 nitrogen and oxygen atoms in total. The zero-order valence-electron chi connectivity index (χ0n) is 21.9. The van der Waals surface area contributed by atoms with Crippen LogP contribution in [0, 0.1) is 0 Å². The van der Waals surface area contributed by atoms with Gasteiger partial charge in [0.1, 0.15) is 18.7 Å². The summed E-state index contributed by atoms with van der Waals surface area (Å²) >= 11 is 0. The highest BCUT2D eigenvalue weighted by atomic mass is 33.1. The van der Waals surface area contributed by atoms with Crippen LogP contribution in [0.4, 0.5) is 10.5 Å². The van der Waals surface area contributed by atoms with Crippen molar-refractivity contribution in [3.63, 3.8) is 0 Å². The smallest absolute Gasteiger partial charge is 0.421 e. The molecule has 1 aromatic carbocycles. The molecule has 0 aliphatic rings. The van der Waals surface area contributed by atoms with Crippen molar-refractivity contribution in [2.45, 2.75) is 44.3 Å². The summed E-state index contributed by atoms with van der Waals surface area (Å²) in [6.07, 6.45) is -2.11. The first-order valence-corrected chi connectivity index (χ1v) is 14.4. The zero-order valence-corrected chi connectivity index (χ0v) is 23.5. The van der Waals surface area contributed by atoms with E-state index < -0.39 is 66.7 Å². The molecule has 0 saturated heterocycles. The minimum Gasteiger partial charge on any atom is -0.481 e. The van der Waals surface area contributed by atoms with E-state index in [9.17, 15) is 43.8 Å². The number of hydrazine groups is 1. The molecule has 9 N–H and O–H groups in total. The van der Waals surface area contributed by atoms with Gasteiger partial charge in [0.15, 0.2) is 0 Å². The van der Waals surface area contributed by atoms with E-state index in [1.54, 1.807) is 31.2 Å². The molecule has 5 amide bonds. The summed E-state index contributed by atoms with van der Waals surface area (Å²) in [7, 11) is 2.70. The van der Waals surface area contributed by atoms with Gasteiger partial charge in [-0.2, -0.15) is 0 Å². The maximum absolute atomic E-state index is 12.8. The molecule has 0 unspecified atom stereocenters. The minimum absolute atomic E-state index is 0.105. The molecule has 0 fully saturated rings. The third-order valence-electron chi connectivity index (χ3n) is 4.89. The molecule has 0 bridgehead atoms. The number of aliphatic carboxylic acids is 2. The number of nitrogens with two attached hydrogens (primary N) is 1. The van der Waals surface area contributed by atoms with Crippen molar-refractivity contribution < 1.29 is 48.5 Å². The lowest BCUT2D eigenvalue weighted by Gasteiger charge is -2.23. The lowest BCUT2D eigenvalue weighted by atomic mass is 10.1. The standard InChI is InChI=1S/C23H32N6O10S2/c1-13(11-41-40-7-6-39-23(38)29-24)26-21(36)17(10-20(34)35)28-22(37)16(9-19(32)33)27-18(31)8-14-2-4-15(5-3-14)25-12-30/h2-5,12-13,16-17H,6-11,24H2,1H3,(H,25,30)(H,26,36)(H,27,31)(H,28,37)(H,29,38)(H,32,33)(H,34,35)/t13-,16+,17+/m1/s1. The van der Waals surface area contributed by atoms with Crippen LogP contribution >= 0.6 is 21.6 Å². The van der Waals surface area contributed by atoms with E-state index in [2.05, 4.69) is 21.3 Å². The number of carboxylic acids is 2. The van der Waals surface area contributed by atoms with Gasteiger partial charge in [-0.3, -0.25) is 34.2 Å². The van der Waals surface area contributed by atoms with Crippen molar-refractivity contribution in [3.8, 4) is 0 Å². The first-order chi connectivity index (χ1) is 19.4. The number of amides is 5. The SMILES string of the molecule is C[C@H](CSSCCOC(=O)NN)NC(=O)[C@H](CC(=O)O)NC(=O)[C@H](CC(=O)O)NC(=O)Cc1ccc(NC=O)cc1. The Hall–Kier alpha value is -4.03. The van der Waals surface area contributed by atoms with E-state index in [0.717, 1.165) is 0 Å². The summed E-state index contributed by atoms with van der Waals surface area (Å²) in [5.74, 6) is 0.353. The van der Waals surface area contributed by atoms with Gasteiger partial charge in [-0.25, -0.2) is 10.6 Å². The van der Waals surface area contributed by atoms with E-state index in [-0.39, 0.29) is 13.0 Å². The van der Waals surface area contributed by atoms with Crippen molar-refractivity contribution in [2.75, 3.05) is 23.4 Å². The molecular weight excluding hydrogens is 584 g/mol. The summed E-state index contributed by atoms with van der Waals surface area (Å²) in [5, 5.41) is 28.0. The quantitative estimate of drug-likeness (QED) is 0.0237. The minimum atomic E-state index is -1.59. The molecule has 1 rings (SSSR count). The summed E-state index contributed by atoms with van der Waals surface area (Å²) in [6.45, 7) is 1.76. The third-order valence-corrected chi connectivity index (χ3v) is 7.44. The summed E-state index contributed by atoms with van der Waals surface area (Å²) < 4.78 is 4.73. The van der Waals surface area contributed by atoms with Gasteiger partial charge in [-0.1, -0.05) is 33.7 Å². The number of rotatable bonds is 19. The first-order valence-electron chi connectivity index (χ1n) is 12.0. The highest BCUT2D eigenvalue weighted by Gasteiger charge is 2.30. The molecule has 3 atom stereocenters. The number of benzene rings is 1. The van der Waals surface area contributed by atoms with Gasteiger partial charge in [0.25, 0.3) is 0 Å². The molecule has 41 heavy (non-hydrogen) atoms. The van der Waals surface area contributed by atoms with Gasteiger partial charge in [0.05, 0.1) is 19.3 Å². The van der Waals surface area contributed by atoms with Crippen molar-refractivity contribution in [1.82, 2.24) is 21.4 Å². The van der Waals surface area contributed by atoms with Crippen LogP contribution < -0.4 is 32.5 Å². The number of anilines is 1. The van der Waals surface area contributed by atoms with Crippen LogP contribution in [0.1, 0.15) is 25.3 Å². The van der Waals surface area contributed by atoms with E-state index in [4.69, 9.17) is 10.6 Å². The van der Waals surface area contributed by atoms with Gasteiger partial charge < -0.3 is 36.2 Å². The fraction of sp³-hybridized carbons (Fsp3) is 0.435. The largest absolute Gasteiger partial charge is 0.481 e. The fourth-order valence-electron chi connectivity index (χ4n) is 3.06. The summed E-state index contributed by atoms with van der Waals surface area (Å²) in [4.78, 5) is 82.2. The molecular formula is C23H32N6O10S2. The van der Waals surface area contributed by atoms with E-state index in [1.165, 1.54) is 21.6 Å². The molecule has 226 valence electrons. The van der Waals surface area contributed by atoms with Crippen LogP contribution in [0.25, 0.3) is 0 Å². The van der Waals surface area contributed by atoms with Crippen molar-refractivity contribution in [1.29, 1.82) is 0 Å². The summed E-state index contributed by atoms with van der Waals surface area (Å²) in [6, 6.07) is 2.60. The number of carbonyl (C=O) groups excluding carboxylic acids is 5. The predicted octanol–water partition coefficient (Wildman–Crippen LogP) is -0.798. The molecule has 0 aliphatic heterocycles. The molecule has 0 radical (unpaired) electrons. The molecule has 18 heteroatoms. The van der Waals surface area contributed by atoms with Crippen molar-refractivity contribution >= 4 is 69.4 Å². The second kappa shape index (κ2) is 19.1. The van der Waals surface area contributed by atoms with Gasteiger partial charge in [0.2, 0.25) is 24.1 Å². The van der Waals surface area contributed by atoms with E-state index >= 15 is 0 Å². The number of hydrogen-bond acceptors (Lipinski definition) is 11. The highest BCUT2D eigenvalue weighted by Crippen LogP contribution is 2.21. The van der Waals surface area contributed by atoms with Crippen LogP contribution in [0.15, 0.2) is 24.3 Å². The number of carbonyl (C=O) groups is 7. The monoisotopic (exact) mass is 616 g/mol. The average molecular weight is 617 g/mol. The van der Waals surface area contributed by atoms with E-state index in [1.807, 2.05) is 5.43 Å². The Morgan fingerprint density at radius 3 is 2.07 bits per heavy atom. The summed E-state index contributed by atoms with van der Waals surface area (Å²) in [5.41, 5.74) is 2.82. The Morgan fingerprint density at radius 2 is 1.51 bits per heavy atom. The molecule has 1 aromatic rings. The Morgan fingerprint density at radius 1 is 0.927 bits per heavy atom. The topological polar surface area (TPSA) is 255 Å². The Balaban J connectivity index is 2.72. The Labute approximate surface area is 242 Å². The van der Waals surface area contributed by atoms with Gasteiger partial charge in [-0.15, -0.1) is 0 Å². The van der Waals surface area contributed by atoms with Crippen LogP contribution in [0.3, 0.4) is 0 Å². The first kappa shape index (κ1) is 35.0. The van der Waals surface area contributed by atoms with Crippen LogP contribution in [0.2, 0.25) is 0 Å². The highest BCUT2D eigenvalue weighted by molar-refractivity contribution is 8.76. The second-order valence-corrected chi connectivity index (χ2v) is 10.9. The fourth-order valence-corrected chi connectivity index (χ4v) is 5.17. The third kappa shape index (κ3) is 15.4. The number of carboxylic acid groups (broad SMARTS) is 2. The number of nitrogens with one attached hydrogen (secondary N) is 5. The zero-order chi connectivity index (χ0) is 30.8. The lowest BCUT2D eigenvalue weighted by Crippen LogP contribution is -2.56. The average Bonchev–Trinajstić information content (AvgIpc) is 2.90. The number of hydrogen-bond donors (Lipinski definition) is 8. The predicted molar refractivity (Wildman–Crippen MR) is 149 cm³/mol. The van der Waals surface area contributed by atoms with Gasteiger partial charge >= 0.3 is 18.0 Å². The van der Waals surface area contributed by atoms with Crippen molar-refractivity contribution in [2.24, 2.45) is 5.84 Å². The molecule has 0 aliphatic carbocycles. The van der Waals surface area contributed by atoms with Crippen molar-refractivity contribution in [3.05, 3.63) is 29.8 Å². The molecule has 0 heterocycles. The Bertz CT molecular complexity index is 1080. The maximum atomic E-state index is 12.8. The molecule has 0 saturated carbocycles. The van der Waals surface area contributed by atoms with Crippen LogP contribution in [-0.4, -0.2) is 88.6 Å². The molecule has 0 aromatic heterocycles. The van der Waals surface area contributed by atoms with Gasteiger partial charge in [-0.05, 0) is 24.6 Å². The lowest BCUT2D eigenvalue weighted by molar-refractivity contribution is -0.143. The molecule has 0 spiro atoms.